The van der Waals surface area contributed by atoms with E-state index in [0.717, 1.165) is 6.54 Å². The Morgan fingerprint density at radius 3 is 2.16 bits per heavy atom. The maximum atomic E-state index is 2.22. The third-order valence-corrected chi connectivity index (χ3v) is 2.91. The third-order valence-electron chi connectivity index (χ3n) is 2.91. The molecule has 1 nitrogen and oxygen atoms in total. The minimum Gasteiger partial charge on any atom is -0.371 e. The van der Waals surface area contributed by atoms with E-state index in [4.69, 9.17) is 0 Å². The van der Waals surface area contributed by atoms with Crippen molar-refractivity contribution in [3.63, 3.8) is 0 Å². The van der Waals surface area contributed by atoms with Crippen LogP contribution in [0.5, 0.6) is 0 Å². The zero-order valence-electron chi connectivity index (χ0n) is 11.2. The van der Waals surface area contributed by atoms with Gasteiger partial charge < -0.3 is 4.90 Å². The van der Waals surface area contributed by atoms with Crippen molar-refractivity contribution in [2.24, 2.45) is 0 Å². The number of hydrogen-bond acceptors (Lipinski definition) is 1. The lowest BCUT2D eigenvalue weighted by Crippen LogP contribution is -2.16. The Morgan fingerprint density at radius 1 is 0.842 bits per heavy atom. The lowest BCUT2D eigenvalue weighted by molar-refractivity contribution is 1.03. The fourth-order valence-electron chi connectivity index (χ4n) is 1.82. The van der Waals surface area contributed by atoms with Crippen LogP contribution in [0.2, 0.25) is 0 Å². The van der Waals surface area contributed by atoms with E-state index in [9.17, 15) is 0 Å². The molecule has 0 saturated heterocycles. The van der Waals surface area contributed by atoms with Crippen LogP contribution in [-0.2, 0) is 0 Å². The van der Waals surface area contributed by atoms with Gasteiger partial charge in [-0.3, -0.25) is 0 Å². The summed E-state index contributed by atoms with van der Waals surface area (Å²) in [6.45, 7) is 0.906. The Hall–Kier alpha value is -2.28. The summed E-state index contributed by atoms with van der Waals surface area (Å²) in [6, 6.07) is 20.7. The summed E-state index contributed by atoms with van der Waals surface area (Å²) >= 11 is 0. The standard InChI is InChI=1S/C18H19N/c1-19(18-14-8-3-9-15-18)16-10-4-7-13-17-11-5-2-6-12-17/h2-15H,16H2,1H3/b10-4+,13-7+. The first-order valence-corrected chi connectivity index (χ1v) is 6.51. The maximum absolute atomic E-state index is 2.22. The predicted molar refractivity (Wildman–Crippen MR) is 84.3 cm³/mol. The number of benzene rings is 2. The van der Waals surface area contributed by atoms with Gasteiger partial charge in [0.1, 0.15) is 0 Å². The van der Waals surface area contributed by atoms with Gasteiger partial charge in [0.15, 0.2) is 0 Å². The highest BCUT2D eigenvalue weighted by Gasteiger charge is 1.94. The summed E-state index contributed by atoms with van der Waals surface area (Å²) < 4.78 is 0. The lowest BCUT2D eigenvalue weighted by Gasteiger charge is -2.16. The molecule has 0 amide bonds. The number of rotatable bonds is 5. The second kappa shape index (κ2) is 7.22. The SMILES string of the molecule is CN(C/C=C/C=C/c1ccccc1)c1ccccc1. The third kappa shape index (κ3) is 4.47. The van der Waals surface area contributed by atoms with Crippen molar-refractivity contribution in [2.45, 2.75) is 0 Å². The number of para-hydroxylation sites is 1. The molecule has 96 valence electrons. The van der Waals surface area contributed by atoms with Gasteiger partial charge in [-0.05, 0) is 17.7 Å². The molecule has 0 saturated carbocycles. The highest BCUT2D eigenvalue weighted by Crippen LogP contribution is 2.10. The summed E-state index contributed by atoms with van der Waals surface area (Å²) in [7, 11) is 2.10. The Morgan fingerprint density at radius 2 is 1.47 bits per heavy atom. The Kier molecular flexibility index (Phi) is 5.00. The molecular formula is C18H19N. The zero-order valence-corrected chi connectivity index (χ0v) is 11.2. The van der Waals surface area contributed by atoms with Crippen molar-refractivity contribution < 1.29 is 0 Å². The fourth-order valence-corrected chi connectivity index (χ4v) is 1.82. The van der Waals surface area contributed by atoms with E-state index >= 15 is 0 Å². The molecular weight excluding hydrogens is 230 g/mol. The summed E-state index contributed by atoms with van der Waals surface area (Å²) in [5.74, 6) is 0. The predicted octanol–water partition coefficient (Wildman–Crippen LogP) is 4.39. The van der Waals surface area contributed by atoms with E-state index in [1.165, 1.54) is 11.3 Å². The van der Waals surface area contributed by atoms with Crippen LogP contribution in [0.25, 0.3) is 6.08 Å². The number of hydrogen-bond donors (Lipinski definition) is 0. The van der Waals surface area contributed by atoms with Gasteiger partial charge in [-0.1, -0.05) is 72.8 Å². The molecule has 0 fully saturated rings. The van der Waals surface area contributed by atoms with Crippen LogP contribution in [0.1, 0.15) is 5.56 Å². The fraction of sp³-hybridized carbons (Fsp3) is 0.111. The molecule has 2 aromatic rings. The first kappa shape index (κ1) is 13.2. The van der Waals surface area contributed by atoms with E-state index in [0.29, 0.717) is 0 Å². The monoisotopic (exact) mass is 249 g/mol. The average Bonchev–Trinajstić information content (AvgIpc) is 2.49. The van der Waals surface area contributed by atoms with Gasteiger partial charge in [-0.25, -0.2) is 0 Å². The molecule has 1 heteroatoms. The van der Waals surface area contributed by atoms with Gasteiger partial charge in [0.25, 0.3) is 0 Å². The van der Waals surface area contributed by atoms with E-state index in [1.807, 2.05) is 24.3 Å². The maximum Gasteiger partial charge on any atom is 0.0366 e. The normalized spacial score (nSPS) is 11.2. The largest absolute Gasteiger partial charge is 0.371 e. The van der Waals surface area contributed by atoms with Gasteiger partial charge >= 0.3 is 0 Å². The topological polar surface area (TPSA) is 3.24 Å². The molecule has 2 rings (SSSR count). The molecule has 0 aliphatic rings. The van der Waals surface area contributed by atoms with Crippen LogP contribution in [0.3, 0.4) is 0 Å². The molecule has 0 bridgehead atoms. The van der Waals surface area contributed by atoms with Gasteiger partial charge in [-0.2, -0.15) is 0 Å². The van der Waals surface area contributed by atoms with Crippen molar-refractivity contribution in [3.8, 4) is 0 Å². The minimum absolute atomic E-state index is 0.906. The molecule has 0 aliphatic heterocycles. The van der Waals surface area contributed by atoms with E-state index in [1.54, 1.807) is 0 Å². The van der Waals surface area contributed by atoms with Gasteiger partial charge in [0.2, 0.25) is 0 Å². The molecule has 2 aromatic carbocycles. The van der Waals surface area contributed by atoms with Crippen LogP contribution in [0.15, 0.2) is 78.9 Å². The summed E-state index contributed by atoms with van der Waals surface area (Å²) in [6.07, 6.45) is 8.44. The number of nitrogens with zero attached hydrogens (tertiary/aromatic N) is 1. The van der Waals surface area contributed by atoms with Crippen molar-refractivity contribution in [3.05, 3.63) is 84.5 Å². The van der Waals surface area contributed by atoms with E-state index < -0.39 is 0 Å². The zero-order chi connectivity index (χ0) is 13.3. The minimum atomic E-state index is 0.906. The van der Waals surface area contributed by atoms with Crippen molar-refractivity contribution in [1.29, 1.82) is 0 Å². The number of allylic oxidation sites excluding steroid dienone is 2. The summed E-state index contributed by atoms with van der Waals surface area (Å²) in [4.78, 5) is 2.22. The van der Waals surface area contributed by atoms with Crippen LogP contribution in [0.4, 0.5) is 5.69 Å². The summed E-state index contributed by atoms with van der Waals surface area (Å²) in [5, 5.41) is 0. The highest BCUT2D eigenvalue weighted by molar-refractivity contribution is 5.51. The molecule has 0 spiro atoms. The molecule has 0 radical (unpaired) electrons. The van der Waals surface area contributed by atoms with Gasteiger partial charge in [0, 0.05) is 19.3 Å². The first-order valence-electron chi connectivity index (χ1n) is 6.51. The Bertz CT molecular complexity index is 526. The number of anilines is 1. The highest BCUT2D eigenvalue weighted by atomic mass is 15.1. The second-order valence-electron chi connectivity index (χ2n) is 4.41. The van der Waals surface area contributed by atoms with Crippen LogP contribution in [0, 0.1) is 0 Å². The molecule has 0 N–H and O–H groups in total. The van der Waals surface area contributed by atoms with Crippen LogP contribution >= 0.6 is 0 Å². The van der Waals surface area contributed by atoms with Crippen LogP contribution in [-0.4, -0.2) is 13.6 Å². The first-order chi connectivity index (χ1) is 9.36. The molecule has 19 heavy (non-hydrogen) atoms. The molecule has 0 heterocycles. The summed E-state index contributed by atoms with van der Waals surface area (Å²) in [5.41, 5.74) is 2.46. The second-order valence-corrected chi connectivity index (χ2v) is 4.41. The molecule has 0 unspecified atom stereocenters. The van der Waals surface area contributed by atoms with Gasteiger partial charge in [0.05, 0.1) is 0 Å². The van der Waals surface area contributed by atoms with Gasteiger partial charge in [-0.15, -0.1) is 0 Å². The molecule has 0 aliphatic carbocycles. The Labute approximate surface area is 115 Å². The lowest BCUT2D eigenvalue weighted by atomic mass is 10.2. The number of likely N-dealkylation sites (N-methyl/N-ethyl adjacent to an activating group) is 1. The van der Waals surface area contributed by atoms with Crippen molar-refractivity contribution in [2.75, 3.05) is 18.5 Å². The van der Waals surface area contributed by atoms with Crippen LogP contribution < -0.4 is 4.90 Å². The molecule has 0 aromatic heterocycles. The van der Waals surface area contributed by atoms with E-state index in [2.05, 4.69) is 72.6 Å². The smallest absolute Gasteiger partial charge is 0.0366 e. The molecule has 0 atom stereocenters. The van der Waals surface area contributed by atoms with Crippen molar-refractivity contribution >= 4 is 11.8 Å². The quantitative estimate of drug-likeness (QED) is 0.710. The Balaban J connectivity index is 1.82. The van der Waals surface area contributed by atoms with E-state index in [-0.39, 0.29) is 0 Å². The average molecular weight is 249 g/mol. The van der Waals surface area contributed by atoms with Crippen molar-refractivity contribution in [1.82, 2.24) is 0 Å².